The molecule has 0 aliphatic rings. The van der Waals surface area contributed by atoms with Crippen LogP contribution in [0.25, 0.3) is 0 Å². The highest BCUT2D eigenvalue weighted by atomic mass is 16.6. The lowest BCUT2D eigenvalue weighted by atomic mass is 10.00. The number of hydrogen-bond acceptors (Lipinski definition) is 16. The van der Waals surface area contributed by atoms with Gasteiger partial charge in [0.25, 0.3) is 0 Å². The molecule has 1 amide bonds. The Morgan fingerprint density at radius 2 is 0.797 bits per heavy atom. The molecule has 344 valence electrons. The number of hydrogen-bond donors (Lipinski definition) is 1. The van der Waals surface area contributed by atoms with Crippen molar-refractivity contribution in [2.45, 2.75) is 46.1 Å². The van der Waals surface area contributed by atoms with Gasteiger partial charge in [-0.05, 0) is 18.4 Å². The molecule has 1 unspecified atom stereocenters. The lowest BCUT2D eigenvalue weighted by molar-refractivity contribution is -0.150. The largest absolute Gasteiger partial charge is 0.463 e. The summed E-state index contributed by atoms with van der Waals surface area (Å²) < 4.78 is 76.2. The van der Waals surface area contributed by atoms with E-state index >= 15 is 0 Å². The molecule has 17 heteroatoms. The van der Waals surface area contributed by atoms with Crippen LogP contribution in [-0.4, -0.2) is 184 Å². The van der Waals surface area contributed by atoms with Crippen LogP contribution in [0.5, 0.6) is 0 Å². The molecular weight excluding hydrogens is 774 g/mol. The maximum atomic E-state index is 12.0. The number of nitrogens with one attached hydrogen (secondary N) is 1. The minimum Gasteiger partial charge on any atom is -0.463 e. The van der Waals surface area contributed by atoms with Gasteiger partial charge >= 0.3 is 12.1 Å². The van der Waals surface area contributed by atoms with Crippen molar-refractivity contribution in [3.05, 3.63) is 35.9 Å². The summed E-state index contributed by atoms with van der Waals surface area (Å²) in [6.45, 7) is 16.2. The molecule has 1 atom stereocenters. The average molecular weight is 850 g/mol. The Hall–Kier alpha value is -2.52. The van der Waals surface area contributed by atoms with E-state index in [1.165, 1.54) is 0 Å². The number of amides is 1. The van der Waals surface area contributed by atoms with Gasteiger partial charge in [-0.1, -0.05) is 57.0 Å². The summed E-state index contributed by atoms with van der Waals surface area (Å²) >= 11 is 0. The second-order valence-electron chi connectivity index (χ2n) is 12.8. The van der Waals surface area contributed by atoms with Crippen LogP contribution in [0.15, 0.2) is 30.3 Å². The van der Waals surface area contributed by atoms with Crippen LogP contribution in [0.2, 0.25) is 0 Å². The number of rotatable bonds is 46. The topological polar surface area (TPSA) is 175 Å². The quantitative estimate of drug-likeness (QED) is 0.0739. The number of unbranched alkanes of at least 4 members (excludes halogenated alkanes) is 1. The van der Waals surface area contributed by atoms with E-state index in [0.29, 0.717) is 165 Å². The van der Waals surface area contributed by atoms with Gasteiger partial charge in [0.05, 0.1) is 164 Å². The fourth-order valence-electron chi connectivity index (χ4n) is 4.78. The molecule has 1 rings (SSSR count). The van der Waals surface area contributed by atoms with Crippen LogP contribution >= 0.6 is 0 Å². The first-order chi connectivity index (χ1) is 29.2. The van der Waals surface area contributed by atoms with Gasteiger partial charge in [-0.3, -0.25) is 4.79 Å². The molecule has 0 radical (unpaired) electrons. The van der Waals surface area contributed by atoms with Gasteiger partial charge in [-0.2, -0.15) is 0 Å². The molecule has 0 aliphatic carbocycles. The molecule has 0 saturated heterocycles. The Labute approximate surface area is 352 Å². The number of carbonyl (C=O) groups excluding carboxylic acids is 2. The Morgan fingerprint density at radius 3 is 1.14 bits per heavy atom. The minimum absolute atomic E-state index is 0.0101. The first-order valence-corrected chi connectivity index (χ1v) is 21.2. The smallest absolute Gasteiger partial charge is 0.407 e. The second kappa shape index (κ2) is 45.0. The van der Waals surface area contributed by atoms with E-state index in [2.05, 4.69) is 12.2 Å². The van der Waals surface area contributed by atoms with Gasteiger partial charge in [0.2, 0.25) is 0 Å². The molecule has 1 aromatic rings. The number of carbonyl (C=O) groups is 2. The van der Waals surface area contributed by atoms with Crippen molar-refractivity contribution < 1.29 is 75.9 Å². The van der Waals surface area contributed by atoms with Crippen LogP contribution < -0.4 is 5.32 Å². The Kier molecular flexibility index (Phi) is 41.6. The molecule has 1 aromatic carbocycles. The van der Waals surface area contributed by atoms with Crippen LogP contribution in [0, 0.1) is 5.92 Å². The van der Waals surface area contributed by atoms with Crippen LogP contribution in [-0.2, 0) is 77.7 Å². The Morgan fingerprint density at radius 1 is 0.458 bits per heavy atom. The highest BCUT2D eigenvalue weighted by molar-refractivity contribution is 5.72. The summed E-state index contributed by atoms with van der Waals surface area (Å²) in [6.07, 6.45) is 3.34. The van der Waals surface area contributed by atoms with Crippen LogP contribution in [0.3, 0.4) is 0 Å². The molecule has 0 heterocycles. The Balaban J connectivity index is 1.64. The third-order valence-corrected chi connectivity index (χ3v) is 8.02. The average Bonchev–Trinajstić information content (AvgIpc) is 3.25. The van der Waals surface area contributed by atoms with Crippen molar-refractivity contribution in [3.8, 4) is 0 Å². The van der Waals surface area contributed by atoms with E-state index in [1.54, 1.807) is 0 Å². The maximum Gasteiger partial charge on any atom is 0.407 e. The second-order valence-corrected chi connectivity index (χ2v) is 12.8. The summed E-state index contributed by atoms with van der Waals surface area (Å²) in [7, 11) is 0. The molecule has 0 spiro atoms. The molecule has 17 nitrogen and oxygen atoms in total. The fourth-order valence-corrected chi connectivity index (χ4v) is 4.78. The van der Waals surface area contributed by atoms with Gasteiger partial charge in [0, 0.05) is 6.54 Å². The zero-order valence-corrected chi connectivity index (χ0v) is 35.9. The minimum atomic E-state index is -0.473. The van der Waals surface area contributed by atoms with Crippen molar-refractivity contribution in [3.63, 3.8) is 0 Å². The van der Waals surface area contributed by atoms with Crippen molar-refractivity contribution in [1.82, 2.24) is 5.32 Å². The van der Waals surface area contributed by atoms with Crippen molar-refractivity contribution in [1.29, 1.82) is 0 Å². The summed E-state index contributed by atoms with van der Waals surface area (Å²) in [5.74, 6) is -0.135. The highest BCUT2D eigenvalue weighted by Crippen LogP contribution is 2.14. The number of ether oxygens (including phenoxy) is 14. The molecule has 0 saturated carbocycles. The van der Waals surface area contributed by atoms with Gasteiger partial charge < -0.3 is 71.6 Å². The molecule has 0 bridgehead atoms. The summed E-state index contributed by atoms with van der Waals surface area (Å²) in [5.41, 5.74) is 0.934. The van der Waals surface area contributed by atoms with Gasteiger partial charge in [-0.15, -0.1) is 0 Å². The van der Waals surface area contributed by atoms with E-state index in [1.807, 2.05) is 37.3 Å². The predicted molar refractivity (Wildman–Crippen MR) is 219 cm³/mol. The third-order valence-electron chi connectivity index (χ3n) is 8.02. The first-order valence-electron chi connectivity index (χ1n) is 21.2. The molecular formula is C42H75NO16. The maximum absolute atomic E-state index is 12.0. The summed E-state index contributed by atoms with van der Waals surface area (Å²) in [5, 5.41) is 2.64. The fraction of sp³-hybridized carbons (Fsp3) is 0.810. The molecule has 1 N–H and O–H groups in total. The molecule has 0 aliphatic heterocycles. The van der Waals surface area contributed by atoms with Crippen molar-refractivity contribution in [2.24, 2.45) is 5.92 Å². The van der Waals surface area contributed by atoms with Gasteiger partial charge in [0.15, 0.2) is 0 Å². The van der Waals surface area contributed by atoms with Gasteiger partial charge in [0.1, 0.15) is 13.2 Å². The Bertz CT molecular complexity index is 1030. The zero-order chi connectivity index (χ0) is 42.4. The summed E-state index contributed by atoms with van der Waals surface area (Å²) in [4.78, 5) is 23.7. The van der Waals surface area contributed by atoms with E-state index in [9.17, 15) is 9.59 Å². The molecule has 0 fully saturated rings. The SMILES string of the molecule is CCCCC(CC)C(=O)OCCOCCOCCOCCOCCOCCOCCOCCOCCOCCOCCOCCOCCNC(=O)OCc1ccccc1. The zero-order valence-electron chi connectivity index (χ0n) is 35.9. The van der Waals surface area contributed by atoms with E-state index < -0.39 is 6.09 Å². The third kappa shape index (κ3) is 39.4. The first kappa shape index (κ1) is 54.5. The van der Waals surface area contributed by atoms with Crippen LogP contribution in [0.4, 0.5) is 4.79 Å². The number of esters is 1. The highest BCUT2D eigenvalue weighted by Gasteiger charge is 2.17. The number of alkyl carbamates (subject to hydrolysis) is 1. The van der Waals surface area contributed by atoms with Crippen molar-refractivity contribution in [2.75, 3.05) is 172 Å². The van der Waals surface area contributed by atoms with E-state index in [-0.39, 0.29) is 25.1 Å². The predicted octanol–water partition coefficient (Wildman–Crippen LogP) is 3.87. The van der Waals surface area contributed by atoms with Crippen molar-refractivity contribution >= 4 is 12.1 Å². The molecule has 59 heavy (non-hydrogen) atoms. The lowest BCUT2D eigenvalue weighted by Crippen LogP contribution is -2.28. The van der Waals surface area contributed by atoms with Crippen LogP contribution in [0.1, 0.15) is 45.1 Å². The monoisotopic (exact) mass is 850 g/mol. The lowest BCUT2D eigenvalue weighted by Gasteiger charge is -2.13. The molecule has 0 aromatic heterocycles. The van der Waals surface area contributed by atoms with Gasteiger partial charge in [-0.25, -0.2) is 4.79 Å². The normalized spacial score (nSPS) is 11.8. The summed E-state index contributed by atoms with van der Waals surface area (Å²) in [6, 6.07) is 9.50. The standard InChI is InChI=1S/C42H75NO16/c1-3-5-11-40(4-2)41(44)58-37-36-57-35-34-56-33-32-55-31-30-54-29-28-53-27-26-52-25-24-51-23-22-50-21-20-49-19-18-48-17-16-47-15-14-46-13-12-43-42(45)59-38-39-9-7-6-8-10-39/h6-10,40H,3-5,11-38H2,1-2H3,(H,43,45). The van der Waals surface area contributed by atoms with E-state index in [4.69, 9.17) is 66.3 Å². The van der Waals surface area contributed by atoms with E-state index in [0.717, 1.165) is 31.2 Å². The number of benzene rings is 1.